The quantitative estimate of drug-likeness (QED) is 0.285. The number of rotatable bonds is 7. The van der Waals surface area contributed by atoms with E-state index in [0.29, 0.717) is 22.4 Å². The van der Waals surface area contributed by atoms with E-state index in [9.17, 15) is 22.8 Å². The van der Waals surface area contributed by atoms with Gasteiger partial charge in [0, 0.05) is 11.1 Å². The Balaban J connectivity index is 2.25. The summed E-state index contributed by atoms with van der Waals surface area (Å²) in [5.41, 5.74) is -0.0630. The Morgan fingerprint density at radius 2 is 1.48 bits per heavy atom. The van der Waals surface area contributed by atoms with Crippen molar-refractivity contribution in [3.8, 4) is 11.5 Å². The lowest BCUT2D eigenvalue weighted by Crippen LogP contribution is -2.47. The predicted octanol–water partition coefficient (Wildman–Crippen LogP) is 6.71. The first-order valence-electron chi connectivity index (χ1n) is 12.2. The number of amides is 2. The molecule has 12 heteroatoms. The fraction of sp³-hybridized carbons (Fsp3) is 0.393. The fourth-order valence-electron chi connectivity index (χ4n) is 3.11. The van der Waals surface area contributed by atoms with Gasteiger partial charge in [0.25, 0.3) is 0 Å². The van der Waals surface area contributed by atoms with E-state index in [4.69, 9.17) is 14.2 Å². The molecule has 0 radical (unpaired) electrons. The van der Waals surface area contributed by atoms with Crippen LogP contribution in [0.2, 0.25) is 0 Å². The van der Waals surface area contributed by atoms with Crippen molar-refractivity contribution in [2.75, 3.05) is 0 Å². The maximum absolute atomic E-state index is 12.7. The molecule has 0 atom stereocenters. The van der Waals surface area contributed by atoms with Crippen molar-refractivity contribution in [3.63, 3.8) is 0 Å². The van der Waals surface area contributed by atoms with Crippen LogP contribution in [-0.2, 0) is 22.6 Å². The van der Waals surface area contributed by atoms with E-state index in [0.717, 1.165) is 0 Å². The molecule has 0 fully saturated rings. The molecule has 2 rings (SSSR count). The van der Waals surface area contributed by atoms with Gasteiger partial charge in [-0.15, -0.1) is 13.2 Å². The Morgan fingerprint density at radius 3 is 2.00 bits per heavy atom. The van der Waals surface area contributed by atoms with Crippen molar-refractivity contribution >= 4 is 24.2 Å². The number of benzene rings is 2. The number of alkyl halides is 3. The molecule has 40 heavy (non-hydrogen) atoms. The molecule has 0 saturated heterocycles. The van der Waals surface area contributed by atoms with Gasteiger partial charge in [-0.25, -0.2) is 14.6 Å². The summed E-state index contributed by atoms with van der Waals surface area (Å²) in [5, 5.41) is 4.79. The molecule has 2 N–H and O–H groups in total. The summed E-state index contributed by atoms with van der Waals surface area (Å²) in [6.07, 6.45) is -5.03. The van der Waals surface area contributed by atoms with Gasteiger partial charge in [0.05, 0.1) is 6.54 Å². The van der Waals surface area contributed by atoms with E-state index in [2.05, 4.69) is 26.9 Å². The third-order valence-corrected chi connectivity index (χ3v) is 4.57. The minimum absolute atomic E-state index is 0.0529. The number of ether oxygens (including phenoxy) is 4. The minimum Gasteiger partial charge on any atom is -0.489 e. The maximum Gasteiger partial charge on any atom is 0.573 e. The molecule has 218 valence electrons. The van der Waals surface area contributed by atoms with Crippen LogP contribution in [0.25, 0.3) is 6.08 Å². The van der Waals surface area contributed by atoms with Crippen LogP contribution in [0.1, 0.15) is 58.2 Å². The first kappa shape index (κ1) is 32.0. The topological polar surface area (TPSA) is 107 Å². The molecule has 0 heterocycles. The van der Waals surface area contributed by atoms with E-state index in [-0.39, 0.29) is 24.9 Å². The molecular weight excluding hydrogens is 531 g/mol. The number of carbonyl (C=O) groups is 2. The zero-order chi connectivity index (χ0) is 30.1. The molecule has 2 aromatic rings. The SMILES string of the molecule is C=Cc1ccc(OC(F)(F)F)cc1COc1ccccc1CN=C(NC(=O)OC(C)(C)C)NC(=O)OC(C)(C)C. The molecule has 0 aliphatic heterocycles. The first-order valence-corrected chi connectivity index (χ1v) is 12.2. The zero-order valence-corrected chi connectivity index (χ0v) is 23.3. The van der Waals surface area contributed by atoms with Gasteiger partial charge in [0.1, 0.15) is 29.3 Å². The van der Waals surface area contributed by atoms with Gasteiger partial charge < -0.3 is 18.9 Å². The van der Waals surface area contributed by atoms with Crippen LogP contribution in [0.4, 0.5) is 22.8 Å². The summed E-state index contributed by atoms with van der Waals surface area (Å²) in [6, 6.07) is 10.6. The molecule has 0 bridgehead atoms. The highest BCUT2D eigenvalue weighted by Gasteiger charge is 2.31. The number of alkyl carbamates (subject to hydrolysis) is 2. The van der Waals surface area contributed by atoms with Gasteiger partial charge >= 0.3 is 18.5 Å². The van der Waals surface area contributed by atoms with Crippen molar-refractivity contribution in [1.82, 2.24) is 10.6 Å². The lowest BCUT2D eigenvalue weighted by molar-refractivity contribution is -0.274. The Labute approximate surface area is 231 Å². The van der Waals surface area contributed by atoms with Crippen molar-refractivity contribution in [2.45, 2.75) is 72.3 Å². The molecule has 2 amide bonds. The van der Waals surface area contributed by atoms with Crippen molar-refractivity contribution in [1.29, 1.82) is 0 Å². The lowest BCUT2D eigenvalue weighted by Gasteiger charge is -2.22. The molecule has 0 aromatic heterocycles. The highest BCUT2D eigenvalue weighted by Crippen LogP contribution is 2.27. The summed E-state index contributed by atoms with van der Waals surface area (Å²) in [5.74, 6) is -0.234. The summed E-state index contributed by atoms with van der Waals surface area (Å²) in [7, 11) is 0. The maximum atomic E-state index is 12.7. The van der Waals surface area contributed by atoms with Gasteiger partial charge in [-0.3, -0.25) is 10.6 Å². The monoisotopic (exact) mass is 565 g/mol. The van der Waals surface area contributed by atoms with Gasteiger partial charge in [0.15, 0.2) is 0 Å². The number of aliphatic imine (C=N–C) groups is 1. The molecule has 9 nitrogen and oxygen atoms in total. The second-order valence-electron chi connectivity index (χ2n) is 10.4. The molecule has 0 unspecified atom stereocenters. The number of para-hydroxylation sites is 1. The number of hydrogen-bond acceptors (Lipinski definition) is 7. The first-order chi connectivity index (χ1) is 18.4. The van der Waals surface area contributed by atoms with Crippen LogP contribution >= 0.6 is 0 Å². The highest BCUT2D eigenvalue weighted by atomic mass is 19.4. The number of nitrogens with one attached hydrogen (secondary N) is 2. The van der Waals surface area contributed by atoms with E-state index in [1.54, 1.807) is 65.8 Å². The molecular formula is C28H34F3N3O6. The summed E-state index contributed by atoms with van der Waals surface area (Å²) >= 11 is 0. The predicted molar refractivity (Wildman–Crippen MR) is 144 cm³/mol. The normalized spacial score (nSPS) is 11.6. The van der Waals surface area contributed by atoms with Crippen LogP contribution in [0.3, 0.4) is 0 Å². The smallest absolute Gasteiger partial charge is 0.489 e. The van der Waals surface area contributed by atoms with Crippen molar-refractivity contribution in [2.24, 2.45) is 4.99 Å². The highest BCUT2D eigenvalue weighted by molar-refractivity contribution is 6.01. The van der Waals surface area contributed by atoms with Crippen LogP contribution in [0, 0.1) is 0 Å². The average molecular weight is 566 g/mol. The van der Waals surface area contributed by atoms with E-state index in [1.807, 2.05) is 0 Å². The Hall–Kier alpha value is -4.22. The number of nitrogens with zero attached hydrogens (tertiary/aromatic N) is 1. The zero-order valence-electron chi connectivity index (χ0n) is 23.3. The second kappa shape index (κ2) is 13.2. The van der Waals surface area contributed by atoms with Crippen molar-refractivity contribution in [3.05, 3.63) is 65.7 Å². The standard InChI is InChI=1S/C28H34F3N3O6/c1-8-18-13-14-21(38-28(29,30)31)15-20(18)17-37-22-12-10-9-11-19(22)16-32-23(33-24(35)39-26(2,3)4)34-25(36)40-27(5,6)7/h8-15H,1,16-17H2,2-7H3,(H2,32,33,34,35,36). The van der Waals surface area contributed by atoms with E-state index < -0.39 is 29.8 Å². The Morgan fingerprint density at radius 1 is 0.900 bits per heavy atom. The molecule has 2 aromatic carbocycles. The third-order valence-electron chi connectivity index (χ3n) is 4.57. The van der Waals surface area contributed by atoms with Crippen LogP contribution in [0.15, 0.2) is 54.0 Å². The minimum atomic E-state index is -4.84. The number of halogens is 3. The largest absolute Gasteiger partial charge is 0.573 e. The lowest BCUT2D eigenvalue weighted by atomic mass is 10.1. The van der Waals surface area contributed by atoms with E-state index in [1.165, 1.54) is 24.3 Å². The Bertz CT molecular complexity index is 1200. The number of hydrogen-bond donors (Lipinski definition) is 2. The van der Waals surface area contributed by atoms with Gasteiger partial charge in [0.2, 0.25) is 5.96 Å². The molecule has 0 saturated carbocycles. The van der Waals surface area contributed by atoms with Crippen LogP contribution in [-0.4, -0.2) is 35.7 Å². The van der Waals surface area contributed by atoms with E-state index >= 15 is 0 Å². The molecule has 0 aliphatic rings. The second-order valence-corrected chi connectivity index (χ2v) is 10.4. The summed E-state index contributed by atoms with van der Waals surface area (Å²) in [6.45, 7) is 13.6. The van der Waals surface area contributed by atoms with Gasteiger partial charge in [-0.2, -0.15) is 0 Å². The third kappa shape index (κ3) is 12.1. The van der Waals surface area contributed by atoms with Crippen LogP contribution < -0.4 is 20.1 Å². The van der Waals surface area contributed by atoms with Gasteiger partial charge in [-0.05, 0) is 65.3 Å². The summed E-state index contributed by atoms with van der Waals surface area (Å²) < 4.78 is 58.4. The van der Waals surface area contributed by atoms with Crippen LogP contribution in [0.5, 0.6) is 11.5 Å². The summed E-state index contributed by atoms with van der Waals surface area (Å²) in [4.78, 5) is 28.9. The fourth-order valence-corrected chi connectivity index (χ4v) is 3.11. The Kier molecular flexibility index (Phi) is 10.6. The number of guanidine groups is 1. The number of carbonyl (C=O) groups excluding carboxylic acids is 2. The van der Waals surface area contributed by atoms with Gasteiger partial charge in [-0.1, -0.05) is 36.9 Å². The molecule has 0 aliphatic carbocycles. The van der Waals surface area contributed by atoms with Crippen molar-refractivity contribution < 1.29 is 41.7 Å². The average Bonchev–Trinajstić information content (AvgIpc) is 2.78. The molecule has 0 spiro atoms.